The van der Waals surface area contributed by atoms with Crippen molar-refractivity contribution >= 4 is 0 Å². The van der Waals surface area contributed by atoms with Crippen molar-refractivity contribution in [3.63, 3.8) is 0 Å². The van der Waals surface area contributed by atoms with E-state index in [1.165, 1.54) is 0 Å². The van der Waals surface area contributed by atoms with E-state index in [0.717, 1.165) is 12.0 Å². The minimum atomic E-state index is 0.426. The summed E-state index contributed by atoms with van der Waals surface area (Å²) < 4.78 is 0. The quantitative estimate of drug-likeness (QED) is 0.635. The predicted molar refractivity (Wildman–Crippen MR) is 49.8 cm³/mol. The van der Waals surface area contributed by atoms with Gasteiger partial charge in [-0.1, -0.05) is 12.1 Å². The van der Waals surface area contributed by atoms with Crippen LogP contribution in [0.5, 0.6) is 0 Å². The number of hydrogen-bond donors (Lipinski definition) is 0. The molecule has 1 aromatic carbocycles. The highest BCUT2D eigenvalue weighted by molar-refractivity contribution is 5.47. The SMILES string of the molecule is C=CCc1ccc(C#N)c(C#N)c1. The number of rotatable bonds is 2. The van der Waals surface area contributed by atoms with E-state index in [4.69, 9.17) is 10.5 Å². The van der Waals surface area contributed by atoms with Crippen molar-refractivity contribution in [2.24, 2.45) is 0 Å². The fourth-order valence-corrected chi connectivity index (χ4v) is 1.08. The van der Waals surface area contributed by atoms with Gasteiger partial charge in [-0.05, 0) is 24.1 Å². The second-order valence-electron chi connectivity index (χ2n) is 2.60. The molecule has 0 N–H and O–H groups in total. The van der Waals surface area contributed by atoms with Crippen molar-refractivity contribution in [1.29, 1.82) is 10.5 Å². The van der Waals surface area contributed by atoms with Gasteiger partial charge in [-0.25, -0.2) is 0 Å². The first-order valence-electron chi connectivity index (χ1n) is 3.86. The van der Waals surface area contributed by atoms with Crippen LogP contribution < -0.4 is 0 Å². The number of allylic oxidation sites excluding steroid dienone is 1. The van der Waals surface area contributed by atoms with Gasteiger partial charge in [0.05, 0.1) is 11.1 Å². The lowest BCUT2D eigenvalue weighted by Gasteiger charge is -1.98. The first-order chi connectivity index (χ1) is 6.31. The molecule has 0 spiro atoms. The summed E-state index contributed by atoms with van der Waals surface area (Å²) in [4.78, 5) is 0. The number of nitrogens with zero attached hydrogens (tertiary/aromatic N) is 2. The predicted octanol–water partition coefficient (Wildman–Crippen LogP) is 2.16. The van der Waals surface area contributed by atoms with Crippen LogP contribution in [0.4, 0.5) is 0 Å². The van der Waals surface area contributed by atoms with Crippen molar-refractivity contribution in [2.45, 2.75) is 6.42 Å². The second kappa shape index (κ2) is 4.09. The van der Waals surface area contributed by atoms with E-state index in [0.29, 0.717) is 11.1 Å². The molecular formula is C11H8N2. The number of nitriles is 2. The summed E-state index contributed by atoms with van der Waals surface area (Å²) in [5, 5.41) is 17.4. The van der Waals surface area contributed by atoms with Gasteiger partial charge in [0.1, 0.15) is 12.1 Å². The van der Waals surface area contributed by atoms with Gasteiger partial charge in [0.15, 0.2) is 0 Å². The zero-order valence-corrected chi connectivity index (χ0v) is 7.12. The summed E-state index contributed by atoms with van der Waals surface area (Å²) in [5.41, 5.74) is 1.86. The van der Waals surface area contributed by atoms with Gasteiger partial charge in [-0.2, -0.15) is 10.5 Å². The first kappa shape index (κ1) is 9.03. The van der Waals surface area contributed by atoms with Gasteiger partial charge in [0, 0.05) is 0 Å². The Hall–Kier alpha value is -2.06. The Bertz CT molecular complexity index is 405. The standard InChI is InChI=1S/C11H8N2/c1-2-3-9-4-5-10(7-12)11(6-9)8-13/h2,4-6H,1,3H2. The molecule has 0 radical (unpaired) electrons. The maximum Gasteiger partial charge on any atom is 0.101 e. The molecule has 0 fully saturated rings. The largest absolute Gasteiger partial charge is 0.192 e. The Morgan fingerprint density at radius 2 is 1.92 bits per heavy atom. The molecule has 0 saturated heterocycles. The van der Waals surface area contributed by atoms with Crippen LogP contribution in [0.25, 0.3) is 0 Å². The molecule has 1 aromatic rings. The van der Waals surface area contributed by atoms with E-state index < -0.39 is 0 Å². The average Bonchev–Trinajstić information content (AvgIpc) is 2.18. The molecule has 13 heavy (non-hydrogen) atoms. The summed E-state index contributed by atoms with van der Waals surface area (Å²) in [6, 6.07) is 9.18. The van der Waals surface area contributed by atoms with E-state index in [9.17, 15) is 0 Å². The molecule has 0 bridgehead atoms. The molecule has 0 saturated carbocycles. The molecule has 0 atom stereocenters. The highest BCUT2D eigenvalue weighted by atomic mass is 14.3. The van der Waals surface area contributed by atoms with Crippen LogP contribution in [-0.2, 0) is 6.42 Å². The Kier molecular flexibility index (Phi) is 2.84. The first-order valence-corrected chi connectivity index (χ1v) is 3.86. The Morgan fingerprint density at radius 1 is 1.23 bits per heavy atom. The summed E-state index contributed by atoms with van der Waals surface area (Å²) in [6.07, 6.45) is 2.49. The van der Waals surface area contributed by atoms with E-state index in [-0.39, 0.29) is 0 Å². The summed E-state index contributed by atoms with van der Waals surface area (Å²) >= 11 is 0. The van der Waals surface area contributed by atoms with Crippen LogP contribution in [0.15, 0.2) is 30.9 Å². The third-order valence-corrected chi connectivity index (χ3v) is 1.70. The van der Waals surface area contributed by atoms with Gasteiger partial charge in [0.2, 0.25) is 0 Å². The van der Waals surface area contributed by atoms with Crippen LogP contribution in [0.3, 0.4) is 0 Å². The van der Waals surface area contributed by atoms with E-state index in [2.05, 4.69) is 6.58 Å². The molecule has 0 aliphatic carbocycles. The Labute approximate surface area is 77.4 Å². The van der Waals surface area contributed by atoms with E-state index in [1.807, 2.05) is 18.2 Å². The molecule has 0 aliphatic rings. The maximum absolute atomic E-state index is 8.72. The second-order valence-corrected chi connectivity index (χ2v) is 2.60. The monoisotopic (exact) mass is 168 g/mol. The molecule has 1 rings (SSSR count). The average molecular weight is 168 g/mol. The van der Waals surface area contributed by atoms with Gasteiger partial charge >= 0.3 is 0 Å². The van der Waals surface area contributed by atoms with Crippen molar-refractivity contribution in [3.05, 3.63) is 47.5 Å². The van der Waals surface area contributed by atoms with Gasteiger partial charge in [-0.15, -0.1) is 6.58 Å². The summed E-state index contributed by atoms with van der Waals surface area (Å²) in [7, 11) is 0. The van der Waals surface area contributed by atoms with E-state index >= 15 is 0 Å². The molecule has 62 valence electrons. The van der Waals surface area contributed by atoms with Crippen molar-refractivity contribution in [1.82, 2.24) is 0 Å². The van der Waals surface area contributed by atoms with E-state index in [1.54, 1.807) is 18.2 Å². The zero-order chi connectivity index (χ0) is 9.68. The van der Waals surface area contributed by atoms with Crippen LogP contribution in [0.1, 0.15) is 16.7 Å². The molecule has 0 aromatic heterocycles. The number of benzene rings is 1. The smallest absolute Gasteiger partial charge is 0.101 e. The molecular weight excluding hydrogens is 160 g/mol. The van der Waals surface area contributed by atoms with Gasteiger partial charge < -0.3 is 0 Å². The fourth-order valence-electron chi connectivity index (χ4n) is 1.08. The third kappa shape index (κ3) is 1.95. The van der Waals surface area contributed by atoms with Crippen LogP contribution in [0, 0.1) is 22.7 Å². The topological polar surface area (TPSA) is 47.6 Å². The van der Waals surface area contributed by atoms with Crippen molar-refractivity contribution in [3.8, 4) is 12.1 Å². The normalized spacial score (nSPS) is 8.46. The highest BCUT2D eigenvalue weighted by Gasteiger charge is 2.00. The molecule has 0 amide bonds. The Balaban J connectivity index is 3.16. The molecule has 0 heterocycles. The zero-order valence-electron chi connectivity index (χ0n) is 7.12. The van der Waals surface area contributed by atoms with Crippen molar-refractivity contribution in [2.75, 3.05) is 0 Å². The maximum atomic E-state index is 8.72. The minimum absolute atomic E-state index is 0.426. The fraction of sp³-hybridized carbons (Fsp3) is 0.0909. The van der Waals surface area contributed by atoms with Gasteiger partial charge in [-0.3, -0.25) is 0 Å². The van der Waals surface area contributed by atoms with Gasteiger partial charge in [0.25, 0.3) is 0 Å². The third-order valence-electron chi connectivity index (χ3n) is 1.70. The number of hydrogen-bond acceptors (Lipinski definition) is 2. The lowest BCUT2D eigenvalue weighted by atomic mass is 10.0. The lowest BCUT2D eigenvalue weighted by molar-refractivity contribution is 1.26. The summed E-state index contributed by atoms with van der Waals surface area (Å²) in [5.74, 6) is 0. The van der Waals surface area contributed by atoms with Crippen LogP contribution in [0.2, 0.25) is 0 Å². The summed E-state index contributed by atoms with van der Waals surface area (Å²) in [6.45, 7) is 3.61. The Morgan fingerprint density at radius 3 is 2.46 bits per heavy atom. The molecule has 2 nitrogen and oxygen atoms in total. The van der Waals surface area contributed by atoms with Crippen molar-refractivity contribution < 1.29 is 0 Å². The highest BCUT2D eigenvalue weighted by Crippen LogP contribution is 2.10. The molecule has 2 heteroatoms. The minimum Gasteiger partial charge on any atom is -0.192 e. The van der Waals surface area contributed by atoms with Crippen LogP contribution >= 0.6 is 0 Å². The lowest BCUT2D eigenvalue weighted by Crippen LogP contribution is -1.87. The van der Waals surface area contributed by atoms with Crippen LogP contribution in [-0.4, -0.2) is 0 Å². The molecule has 0 aliphatic heterocycles. The molecule has 0 unspecified atom stereocenters.